The lowest BCUT2D eigenvalue weighted by molar-refractivity contribution is -0.106. The molecule has 1 heterocycles. The van der Waals surface area contributed by atoms with Gasteiger partial charge in [0.05, 0.1) is 0 Å². The zero-order valence-corrected chi connectivity index (χ0v) is 9.51. The Morgan fingerprint density at radius 1 is 1.24 bits per heavy atom. The van der Waals surface area contributed by atoms with Gasteiger partial charge in [0, 0.05) is 23.2 Å². The Labute approximate surface area is 101 Å². The molecule has 0 unspecified atom stereocenters. The maximum Gasteiger partial charge on any atom is 0.323 e. The van der Waals surface area contributed by atoms with Crippen molar-refractivity contribution in [2.45, 2.75) is 0 Å². The van der Waals surface area contributed by atoms with Gasteiger partial charge in [-0.3, -0.25) is 4.79 Å². The van der Waals surface area contributed by atoms with Gasteiger partial charge < -0.3 is 10.6 Å². The van der Waals surface area contributed by atoms with Crippen LogP contribution in [0.2, 0.25) is 0 Å². The highest BCUT2D eigenvalue weighted by Gasteiger charge is 2.14. The summed E-state index contributed by atoms with van der Waals surface area (Å²) < 4.78 is 12.6. The molecule has 1 aliphatic heterocycles. The Hall–Kier alpha value is -1.82. The molecule has 0 aliphatic carbocycles. The highest BCUT2D eigenvalue weighted by Crippen LogP contribution is 2.16. The van der Waals surface area contributed by atoms with Gasteiger partial charge in [-0.15, -0.1) is 0 Å². The molecule has 88 valence electrons. The second-order valence-electron chi connectivity index (χ2n) is 3.36. The van der Waals surface area contributed by atoms with E-state index in [1.807, 2.05) is 0 Å². The summed E-state index contributed by atoms with van der Waals surface area (Å²) in [5, 5.41) is 5.01. The van der Waals surface area contributed by atoms with Gasteiger partial charge >= 0.3 is 6.03 Å². The van der Waals surface area contributed by atoms with Gasteiger partial charge in [-0.1, -0.05) is 11.8 Å². The van der Waals surface area contributed by atoms with Crippen LogP contribution < -0.4 is 10.6 Å². The molecule has 1 aromatic rings. The molecule has 0 saturated heterocycles. The van der Waals surface area contributed by atoms with E-state index in [2.05, 4.69) is 10.6 Å². The Morgan fingerprint density at radius 2 is 1.94 bits per heavy atom. The number of benzene rings is 1. The number of hydrogen-bond donors (Lipinski definition) is 2. The first-order valence-corrected chi connectivity index (χ1v) is 5.83. The molecule has 0 spiro atoms. The zero-order chi connectivity index (χ0) is 12.3. The van der Waals surface area contributed by atoms with E-state index in [9.17, 15) is 14.0 Å². The maximum atomic E-state index is 12.6. The van der Waals surface area contributed by atoms with Gasteiger partial charge in [0.2, 0.25) is 5.12 Å². The van der Waals surface area contributed by atoms with Crippen LogP contribution in [0.4, 0.5) is 14.9 Å². The number of thioether (sulfide) groups is 1. The third-order valence-corrected chi connectivity index (χ3v) is 2.90. The van der Waals surface area contributed by atoms with Crippen molar-refractivity contribution in [2.24, 2.45) is 0 Å². The fourth-order valence-corrected chi connectivity index (χ4v) is 1.97. The van der Waals surface area contributed by atoms with E-state index in [1.165, 1.54) is 30.3 Å². The predicted octanol–water partition coefficient (Wildman–Crippen LogP) is 2.10. The summed E-state index contributed by atoms with van der Waals surface area (Å²) in [4.78, 5) is 22.4. The Bertz CT molecular complexity index is 485. The van der Waals surface area contributed by atoms with Gasteiger partial charge in [-0.2, -0.15) is 0 Å². The first kappa shape index (κ1) is 11.7. The number of urea groups is 1. The Kier molecular flexibility index (Phi) is 3.43. The first-order chi connectivity index (χ1) is 8.13. The van der Waals surface area contributed by atoms with E-state index in [0.29, 0.717) is 17.1 Å². The van der Waals surface area contributed by atoms with Crippen LogP contribution in [0.15, 0.2) is 36.0 Å². The van der Waals surface area contributed by atoms with Gasteiger partial charge in [-0.25, -0.2) is 9.18 Å². The number of hydrogen-bond acceptors (Lipinski definition) is 3. The average molecular weight is 252 g/mol. The van der Waals surface area contributed by atoms with Crippen molar-refractivity contribution >= 4 is 28.6 Å². The van der Waals surface area contributed by atoms with Crippen LogP contribution >= 0.6 is 11.8 Å². The average Bonchev–Trinajstić information content (AvgIpc) is 2.67. The molecule has 2 amide bonds. The fraction of sp³-hybridized carbons (Fsp3) is 0.0909. The molecule has 17 heavy (non-hydrogen) atoms. The molecule has 2 N–H and O–H groups in total. The third-order valence-electron chi connectivity index (χ3n) is 2.04. The lowest BCUT2D eigenvalue weighted by Crippen LogP contribution is -2.28. The van der Waals surface area contributed by atoms with E-state index >= 15 is 0 Å². The van der Waals surface area contributed by atoms with Crippen LogP contribution in [0.1, 0.15) is 0 Å². The van der Waals surface area contributed by atoms with E-state index in [1.54, 1.807) is 0 Å². The Balaban J connectivity index is 1.91. The standard InChI is InChI=1S/C11H9FN2O2S/c12-7-1-3-8(4-2-7)13-11(16)14-9-5-10(15)17-6-9/h1-5H,6H2,(H2,13,14,16). The highest BCUT2D eigenvalue weighted by atomic mass is 32.2. The number of halogens is 1. The van der Waals surface area contributed by atoms with Crippen molar-refractivity contribution in [1.29, 1.82) is 0 Å². The van der Waals surface area contributed by atoms with Gasteiger partial charge in [-0.05, 0) is 24.3 Å². The minimum atomic E-state index is -0.446. The van der Waals surface area contributed by atoms with Crippen LogP contribution in [-0.4, -0.2) is 16.9 Å². The van der Waals surface area contributed by atoms with Crippen LogP contribution in [0, 0.1) is 5.82 Å². The molecular formula is C11H9FN2O2S. The Morgan fingerprint density at radius 3 is 2.53 bits per heavy atom. The lowest BCUT2D eigenvalue weighted by atomic mass is 10.3. The number of carbonyl (C=O) groups is 2. The van der Waals surface area contributed by atoms with E-state index < -0.39 is 6.03 Å². The number of carbonyl (C=O) groups excluding carboxylic acids is 2. The normalized spacial score (nSPS) is 14.4. The fourth-order valence-electron chi connectivity index (χ4n) is 1.29. The maximum absolute atomic E-state index is 12.6. The van der Waals surface area contributed by atoms with Crippen molar-refractivity contribution in [3.8, 4) is 0 Å². The summed E-state index contributed by atoms with van der Waals surface area (Å²) in [7, 11) is 0. The molecule has 0 radical (unpaired) electrons. The zero-order valence-electron chi connectivity index (χ0n) is 8.70. The molecular weight excluding hydrogens is 243 g/mol. The smallest absolute Gasteiger partial charge is 0.310 e. The van der Waals surface area contributed by atoms with Crippen molar-refractivity contribution in [1.82, 2.24) is 5.32 Å². The molecule has 0 atom stereocenters. The number of amides is 2. The molecule has 0 saturated carbocycles. The largest absolute Gasteiger partial charge is 0.323 e. The number of anilines is 1. The van der Waals surface area contributed by atoms with Crippen molar-refractivity contribution in [2.75, 3.05) is 11.1 Å². The minimum absolute atomic E-state index is 0.0675. The summed E-state index contributed by atoms with van der Waals surface area (Å²) in [6.07, 6.45) is 1.38. The molecule has 6 heteroatoms. The SMILES string of the molecule is O=C(NC1=CC(=O)SC1)Nc1ccc(F)cc1. The van der Waals surface area contributed by atoms with Crippen LogP contribution in [0.5, 0.6) is 0 Å². The minimum Gasteiger partial charge on any atom is -0.310 e. The summed E-state index contributed by atoms with van der Waals surface area (Å²) in [6.45, 7) is 0. The monoisotopic (exact) mass is 252 g/mol. The van der Waals surface area contributed by atoms with Crippen molar-refractivity contribution in [3.05, 3.63) is 41.9 Å². The van der Waals surface area contributed by atoms with E-state index in [-0.39, 0.29) is 10.9 Å². The quantitative estimate of drug-likeness (QED) is 0.847. The summed E-state index contributed by atoms with van der Waals surface area (Å²) in [5.74, 6) is 0.104. The first-order valence-electron chi connectivity index (χ1n) is 4.84. The van der Waals surface area contributed by atoms with Crippen LogP contribution in [-0.2, 0) is 4.79 Å². The van der Waals surface area contributed by atoms with Crippen molar-refractivity contribution in [3.63, 3.8) is 0 Å². The topological polar surface area (TPSA) is 58.2 Å². The number of nitrogens with one attached hydrogen (secondary N) is 2. The van der Waals surface area contributed by atoms with E-state index in [4.69, 9.17) is 0 Å². The summed E-state index contributed by atoms with van der Waals surface area (Å²) >= 11 is 1.13. The highest BCUT2D eigenvalue weighted by molar-refractivity contribution is 8.14. The molecule has 1 aliphatic rings. The third kappa shape index (κ3) is 3.32. The van der Waals surface area contributed by atoms with Gasteiger partial charge in [0.15, 0.2) is 0 Å². The van der Waals surface area contributed by atoms with Crippen LogP contribution in [0.25, 0.3) is 0 Å². The van der Waals surface area contributed by atoms with Crippen LogP contribution in [0.3, 0.4) is 0 Å². The summed E-state index contributed by atoms with van der Waals surface area (Å²) in [6, 6.07) is 4.97. The van der Waals surface area contributed by atoms with Gasteiger partial charge in [0.25, 0.3) is 0 Å². The van der Waals surface area contributed by atoms with E-state index in [0.717, 1.165) is 11.8 Å². The number of rotatable bonds is 2. The summed E-state index contributed by atoms with van der Waals surface area (Å²) in [5.41, 5.74) is 1.06. The molecule has 0 bridgehead atoms. The lowest BCUT2D eigenvalue weighted by Gasteiger charge is -2.07. The predicted molar refractivity (Wildman–Crippen MR) is 64.1 cm³/mol. The van der Waals surface area contributed by atoms with Crippen molar-refractivity contribution < 1.29 is 14.0 Å². The molecule has 0 fully saturated rings. The van der Waals surface area contributed by atoms with Gasteiger partial charge in [0.1, 0.15) is 5.82 Å². The molecule has 0 aromatic heterocycles. The molecule has 1 aromatic carbocycles. The second-order valence-corrected chi connectivity index (χ2v) is 4.34. The molecule has 2 rings (SSSR count). The second kappa shape index (κ2) is 5.01. The molecule has 4 nitrogen and oxygen atoms in total.